The molecule has 0 unspecified atom stereocenters. The summed E-state index contributed by atoms with van der Waals surface area (Å²) < 4.78 is 5.01. The number of esters is 1. The molecule has 24 heavy (non-hydrogen) atoms. The lowest BCUT2D eigenvalue weighted by atomic mass is 10.1. The van der Waals surface area contributed by atoms with Gasteiger partial charge in [-0.2, -0.15) is 0 Å². The molecule has 0 amide bonds. The number of rotatable bonds is 3. The van der Waals surface area contributed by atoms with E-state index < -0.39 is 10.9 Å². The lowest BCUT2D eigenvalue weighted by molar-refractivity contribution is -0.384. The van der Waals surface area contributed by atoms with Crippen LogP contribution in [0.2, 0.25) is 0 Å². The Morgan fingerprint density at radius 3 is 2.71 bits per heavy atom. The Labute approximate surface area is 136 Å². The fraction of sp³-hybridized carbons (Fsp3) is 0.0625. The number of anilines is 1. The highest BCUT2D eigenvalue weighted by molar-refractivity contribution is 5.91. The van der Waals surface area contributed by atoms with Crippen LogP contribution in [0.15, 0.2) is 42.5 Å². The van der Waals surface area contributed by atoms with Crippen LogP contribution in [0, 0.1) is 10.1 Å². The van der Waals surface area contributed by atoms with E-state index in [4.69, 9.17) is 10.5 Å². The van der Waals surface area contributed by atoms with Crippen molar-refractivity contribution in [2.45, 2.75) is 6.92 Å². The molecular weight excluding hydrogens is 312 g/mol. The lowest BCUT2D eigenvalue weighted by Gasteiger charge is -2.07. The number of hydrogen-bond acceptors (Lipinski definition) is 7. The van der Waals surface area contributed by atoms with Crippen LogP contribution < -0.4 is 10.5 Å². The van der Waals surface area contributed by atoms with Gasteiger partial charge in [0.05, 0.1) is 10.4 Å². The molecule has 8 heteroatoms. The van der Waals surface area contributed by atoms with Crippen molar-refractivity contribution in [1.82, 2.24) is 9.97 Å². The zero-order chi connectivity index (χ0) is 17.3. The molecule has 3 aromatic rings. The number of hydrogen-bond donors (Lipinski definition) is 1. The third kappa shape index (κ3) is 2.98. The van der Waals surface area contributed by atoms with E-state index in [1.54, 1.807) is 30.3 Å². The van der Waals surface area contributed by atoms with E-state index in [1.165, 1.54) is 19.1 Å². The maximum absolute atomic E-state index is 11.0. The summed E-state index contributed by atoms with van der Waals surface area (Å²) in [5, 5.41) is 11.4. The second-order valence-corrected chi connectivity index (χ2v) is 5.01. The number of nitrogen functional groups attached to an aromatic ring is 1. The molecule has 8 nitrogen and oxygen atoms in total. The normalized spacial score (nSPS) is 10.5. The van der Waals surface area contributed by atoms with E-state index >= 15 is 0 Å². The zero-order valence-electron chi connectivity index (χ0n) is 12.6. The minimum absolute atomic E-state index is 0.0556. The van der Waals surface area contributed by atoms with Crippen LogP contribution in [0.3, 0.4) is 0 Å². The van der Waals surface area contributed by atoms with Gasteiger partial charge in [-0.25, -0.2) is 9.97 Å². The van der Waals surface area contributed by atoms with Crippen LogP contribution in [0.25, 0.3) is 22.3 Å². The van der Waals surface area contributed by atoms with Gasteiger partial charge in [-0.3, -0.25) is 14.9 Å². The van der Waals surface area contributed by atoms with Crippen molar-refractivity contribution in [1.29, 1.82) is 0 Å². The van der Waals surface area contributed by atoms with Crippen molar-refractivity contribution in [3.05, 3.63) is 52.6 Å². The van der Waals surface area contributed by atoms with E-state index in [0.717, 1.165) is 0 Å². The predicted molar refractivity (Wildman–Crippen MR) is 87.3 cm³/mol. The molecule has 0 atom stereocenters. The van der Waals surface area contributed by atoms with Crippen LogP contribution in [0.4, 0.5) is 11.5 Å². The number of nitro benzene ring substituents is 1. The fourth-order valence-electron chi connectivity index (χ4n) is 2.25. The molecule has 0 aliphatic carbocycles. The topological polar surface area (TPSA) is 121 Å². The van der Waals surface area contributed by atoms with Crippen molar-refractivity contribution >= 4 is 28.4 Å². The van der Waals surface area contributed by atoms with Crippen LogP contribution in [-0.2, 0) is 4.79 Å². The lowest BCUT2D eigenvalue weighted by Crippen LogP contribution is -2.02. The molecule has 2 aromatic carbocycles. The van der Waals surface area contributed by atoms with Crippen molar-refractivity contribution in [3.63, 3.8) is 0 Å². The summed E-state index contributed by atoms with van der Waals surface area (Å²) in [6, 6.07) is 10.8. The van der Waals surface area contributed by atoms with E-state index in [9.17, 15) is 14.9 Å². The number of aromatic nitrogens is 2. The molecule has 2 N–H and O–H groups in total. The number of non-ortho nitro benzene ring substituents is 1. The summed E-state index contributed by atoms with van der Waals surface area (Å²) in [6.07, 6.45) is 0. The number of nitrogens with two attached hydrogens (primary N) is 1. The molecule has 0 saturated heterocycles. The molecule has 1 heterocycles. The van der Waals surface area contributed by atoms with Crippen LogP contribution in [0.5, 0.6) is 5.75 Å². The number of ether oxygens (including phenoxy) is 1. The predicted octanol–water partition coefficient (Wildman–Crippen LogP) is 2.71. The van der Waals surface area contributed by atoms with Crippen molar-refractivity contribution in [2.24, 2.45) is 0 Å². The largest absolute Gasteiger partial charge is 0.427 e. The van der Waals surface area contributed by atoms with Gasteiger partial charge in [0.2, 0.25) is 0 Å². The maximum Gasteiger partial charge on any atom is 0.308 e. The number of carbonyl (C=O) groups excluding carboxylic acids is 1. The first-order chi connectivity index (χ1) is 11.4. The molecule has 0 fully saturated rings. The maximum atomic E-state index is 11.0. The SMILES string of the molecule is CC(=O)Oc1ccc2nc(-c3cccc([N+](=O)[O-])c3)nc(N)c2c1. The average Bonchev–Trinajstić information content (AvgIpc) is 2.55. The molecule has 120 valence electrons. The number of benzene rings is 2. The first kappa shape index (κ1) is 15.3. The summed E-state index contributed by atoms with van der Waals surface area (Å²) in [5.41, 5.74) is 6.94. The second kappa shape index (κ2) is 5.92. The molecule has 0 saturated carbocycles. The van der Waals surface area contributed by atoms with Crippen molar-refractivity contribution < 1.29 is 14.5 Å². The first-order valence-electron chi connectivity index (χ1n) is 6.94. The molecule has 1 aromatic heterocycles. The van der Waals surface area contributed by atoms with E-state index in [1.807, 2.05) is 0 Å². The van der Waals surface area contributed by atoms with Crippen molar-refractivity contribution in [2.75, 3.05) is 5.73 Å². The fourth-order valence-corrected chi connectivity index (χ4v) is 2.25. The molecule has 3 rings (SSSR count). The number of fused-ring (bicyclic) bond motifs is 1. The van der Waals surface area contributed by atoms with Gasteiger partial charge in [-0.15, -0.1) is 0 Å². The molecule has 0 aliphatic rings. The second-order valence-electron chi connectivity index (χ2n) is 5.01. The summed E-state index contributed by atoms with van der Waals surface area (Å²) in [7, 11) is 0. The Bertz CT molecular complexity index is 971. The van der Waals surface area contributed by atoms with Gasteiger partial charge in [-0.05, 0) is 18.2 Å². The Morgan fingerprint density at radius 1 is 1.21 bits per heavy atom. The highest BCUT2D eigenvalue weighted by atomic mass is 16.6. The zero-order valence-corrected chi connectivity index (χ0v) is 12.6. The molecular formula is C16H12N4O4. The minimum atomic E-state index is -0.487. The van der Waals surface area contributed by atoms with Gasteiger partial charge in [-0.1, -0.05) is 12.1 Å². The Morgan fingerprint density at radius 2 is 2.00 bits per heavy atom. The summed E-state index contributed by atoms with van der Waals surface area (Å²) >= 11 is 0. The Hall–Kier alpha value is -3.55. The van der Waals surface area contributed by atoms with Gasteiger partial charge < -0.3 is 10.5 Å². The monoisotopic (exact) mass is 324 g/mol. The molecule has 0 bridgehead atoms. The van der Waals surface area contributed by atoms with E-state index in [2.05, 4.69) is 9.97 Å². The minimum Gasteiger partial charge on any atom is -0.427 e. The Balaban J connectivity index is 2.09. The van der Waals surface area contributed by atoms with Crippen LogP contribution in [-0.4, -0.2) is 20.9 Å². The summed E-state index contributed by atoms with van der Waals surface area (Å²) in [5.74, 6) is 0.370. The Kier molecular flexibility index (Phi) is 3.78. The quantitative estimate of drug-likeness (QED) is 0.340. The number of nitro groups is 1. The van der Waals surface area contributed by atoms with Gasteiger partial charge in [0.1, 0.15) is 11.6 Å². The van der Waals surface area contributed by atoms with Crippen LogP contribution >= 0.6 is 0 Å². The van der Waals surface area contributed by atoms with Crippen LogP contribution in [0.1, 0.15) is 6.92 Å². The highest BCUT2D eigenvalue weighted by Crippen LogP contribution is 2.28. The van der Waals surface area contributed by atoms with Crippen molar-refractivity contribution in [3.8, 4) is 17.1 Å². The van der Waals surface area contributed by atoms with Gasteiger partial charge in [0.25, 0.3) is 5.69 Å². The molecule has 0 aliphatic heterocycles. The van der Waals surface area contributed by atoms with Gasteiger partial charge in [0.15, 0.2) is 5.82 Å². The first-order valence-corrected chi connectivity index (χ1v) is 6.94. The highest BCUT2D eigenvalue weighted by Gasteiger charge is 2.12. The van der Waals surface area contributed by atoms with Gasteiger partial charge in [0, 0.05) is 30.0 Å². The average molecular weight is 324 g/mol. The smallest absolute Gasteiger partial charge is 0.308 e. The number of carbonyl (C=O) groups is 1. The third-order valence-corrected chi connectivity index (χ3v) is 3.27. The number of nitrogens with zero attached hydrogens (tertiary/aromatic N) is 3. The van der Waals surface area contributed by atoms with E-state index in [-0.39, 0.29) is 17.3 Å². The molecule has 0 spiro atoms. The summed E-state index contributed by atoms with van der Waals surface area (Å²) in [6.45, 7) is 1.30. The standard InChI is InChI=1S/C16H12N4O4/c1-9(21)24-12-5-6-14-13(8-12)15(17)19-16(18-14)10-3-2-4-11(7-10)20(22)23/h2-8H,1H3,(H2,17,18,19). The third-order valence-electron chi connectivity index (χ3n) is 3.27. The summed E-state index contributed by atoms with van der Waals surface area (Å²) in [4.78, 5) is 30.0. The van der Waals surface area contributed by atoms with E-state index in [0.29, 0.717) is 22.2 Å². The van der Waals surface area contributed by atoms with Gasteiger partial charge >= 0.3 is 5.97 Å². The molecule has 0 radical (unpaired) electrons.